The summed E-state index contributed by atoms with van der Waals surface area (Å²) in [4.78, 5) is 28.1. The third-order valence-corrected chi connectivity index (χ3v) is 4.07. The second-order valence-corrected chi connectivity index (χ2v) is 5.74. The van der Waals surface area contributed by atoms with Crippen LogP contribution in [0.3, 0.4) is 0 Å². The van der Waals surface area contributed by atoms with Crippen molar-refractivity contribution in [1.82, 2.24) is 9.55 Å². The molecule has 3 rings (SSSR count). The molecule has 1 aromatic carbocycles. The van der Waals surface area contributed by atoms with Gasteiger partial charge in [-0.1, -0.05) is 29.3 Å². The van der Waals surface area contributed by atoms with E-state index < -0.39 is 5.91 Å². The Kier molecular flexibility index (Phi) is 4.07. The zero-order chi connectivity index (χ0) is 16.6. The van der Waals surface area contributed by atoms with E-state index in [2.05, 4.69) is 4.98 Å². The van der Waals surface area contributed by atoms with Gasteiger partial charge in [0.15, 0.2) is 0 Å². The second-order valence-electron chi connectivity index (χ2n) is 4.92. The van der Waals surface area contributed by atoms with Gasteiger partial charge in [0.2, 0.25) is 5.91 Å². The molecule has 0 saturated heterocycles. The number of halogens is 2. The third kappa shape index (κ3) is 2.81. The minimum atomic E-state index is -0.488. The van der Waals surface area contributed by atoms with Gasteiger partial charge in [-0.3, -0.25) is 19.1 Å². The van der Waals surface area contributed by atoms with Crippen molar-refractivity contribution in [3.63, 3.8) is 0 Å². The van der Waals surface area contributed by atoms with Crippen molar-refractivity contribution in [2.24, 2.45) is 5.73 Å². The Labute approximate surface area is 141 Å². The number of nitrogens with zero attached hydrogens (tertiary/aromatic N) is 2. The highest BCUT2D eigenvalue weighted by Gasteiger charge is 2.19. The predicted molar refractivity (Wildman–Crippen MR) is 88.8 cm³/mol. The Balaban J connectivity index is 2.14. The van der Waals surface area contributed by atoms with Crippen LogP contribution in [-0.2, 0) is 11.2 Å². The minimum Gasteiger partial charge on any atom is -0.369 e. The number of benzene rings is 1. The lowest BCUT2D eigenvalue weighted by molar-refractivity contribution is -0.117. The number of fused-ring (bicyclic) bond motifs is 1. The average Bonchev–Trinajstić information content (AvgIpc) is 2.91. The van der Waals surface area contributed by atoms with Gasteiger partial charge in [0.1, 0.15) is 0 Å². The SMILES string of the molecule is NC(=O)Cc1nccc2c1ccn2C(=O)c1c(Cl)cccc1Cl. The zero-order valence-corrected chi connectivity index (χ0v) is 13.3. The summed E-state index contributed by atoms with van der Waals surface area (Å²) >= 11 is 12.2. The first-order valence-electron chi connectivity index (χ1n) is 6.71. The van der Waals surface area contributed by atoms with Crippen LogP contribution in [0, 0.1) is 0 Å². The number of carbonyl (C=O) groups is 2. The molecule has 3 aromatic rings. The summed E-state index contributed by atoms with van der Waals surface area (Å²) < 4.78 is 1.43. The number of aromatic nitrogens is 2. The van der Waals surface area contributed by atoms with Gasteiger partial charge in [-0.15, -0.1) is 0 Å². The van der Waals surface area contributed by atoms with Crippen LogP contribution in [0.1, 0.15) is 16.1 Å². The van der Waals surface area contributed by atoms with E-state index in [0.29, 0.717) is 16.6 Å². The molecule has 0 atom stereocenters. The first-order chi connectivity index (χ1) is 11.0. The van der Waals surface area contributed by atoms with Gasteiger partial charge in [0.05, 0.1) is 33.2 Å². The molecule has 1 amide bonds. The maximum atomic E-state index is 12.8. The summed E-state index contributed by atoms with van der Waals surface area (Å²) in [6.07, 6.45) is 3.12. The Bertz CT molecular complexity index is 914. The quantitative estimate of drug-likeness (QED) is 0.790. The number of hydrogen-bond acceptors (Lipinski definition) is 3. The minimum absolute atomic E-state index is 0.00237. The molecule has 0 aliphatic heterocycles. The molecule has 7 heteroatoms. The monoisotopic (exact) mass is 347 g/mol. The first-order valence-corrected chi connectivity index (χ1v) is 7.46. The zero-order valence-electron chi connectivity index (χ0n) is 11.8. The Morgan fingerprint density at radius 1 is 1.13 bits per heavy atom. The Morgan fingerprint density at radius 2 is 1.83 bits per heavy atom. The molecule has 5 nitrogen and oxygen atoms in total. The maximum Gasteiger partial charge on any atom is 0.265 e. The molecule has 0 saturated carbocycles. The Morgan fingerprint density at radius 3 is 2.48 bits per heavy atom. The lowest BCUT2D eigenvalue weighted by atomic mass is 10.1. The van der Waals surface area contributed by atoms with Crippen LogP contribution in [0.2, 0.25) is 10.0 Å². The van der Waals surface area contributed by atoms with Crippen LogP contribution in [0.25, 0.3) is 10.9 Å². The molecular weight excluding hydrogens is 337 g/mol. The van der Waals surface area contributed by atoms with E-state index in [9.17, 15) is 9.59 Å². The van der Waals surface area contributed by atoms with Crippen molar-refractivity contribution in [2.75, 3.05) is 0 Å². The molecule has 116 valence electrons. The molecule has 0 aliphatic carbocycles. The van der Waals surface area contributed by atoms with Crippen LogP contribution < -0.4 is 5.73 Å². The lowest BCUT2D eigenvalue weighted by Crippen LogP contribution is -2.15. The summed E-state index contributed by atoms with van der Waals surface area (Å²) in [5.41, 5.74) is 6.58. The van der Waals surface area contributed by atoms with Gasteiger partial charge in [0.25, 0.3) is 5.91 Å². The molecule has 2 aromatic heterocycles. The highest BCUT2D eigenvalue weighted by Crippen LogP contribution is 2.27. The fraction of sp³-hybridized carbons (Fsp3) is 0.0625. The van der Waals surface area contributed by atoms with Crippen molar-refractivity contribution < 1.29 is 9.59 Å². The van der Waals surface area contributed by atoms with Crippen molar-refractivity contribution in [1.29, 1.82) is 0 Å². The summed E-state index contributed by atoms with van der Waals surface area (Å²) in [5.74, 6) is -0.843. The molecule has 2 heterocycles. The smallest absolute Gasteiger partial charge is 0.265 e. The van der Waals surface area contributed by atoms with Gasteiger partial charge >= 0.3 is 0 Å². The number of amides is 1. The van der Waals surface area contributed by atoms with Crippen molar-refractivity contribution >= 4 is 45.9 Å². The largest absolute Gasteiger partial charge is 0.369 e. The molecule has 0 unspecified atom stereocenters. The first kappa shape index (κ1) is 15.5. The molecular formula is C16H11Cl2N3O2. The lowest BCUT2D eigenvalue weighted by Gasteiger charge is -2.08. The molecule has 2 N–H and O–H groups in total. The fourth-order valence-electron chi connectivity index (χ4n) is 2.43. The van der Waals surface area contributed by atoms with Crippen LogP contribution in [0.4, 0.5) is 0 Å². The van der Waals surface area contributed by atoms with Crippen molar-refractivity contribution in [3.05, 3.63) is 64.0 Å². The summed E-state index contributed by atoms with van der Waals surface area (Å²) in [6.45, 7) is 0. The molecule has 0 aliphatic rings. The summed E-state index contributed by atoms with van der Waals surface area (Å²) in [5, 5.41) is 1.23. The van der Waals surface area contributed by atoms with Gasteiger partial charge < -0.3 is 5.73 Å². The Hall–Kier alpha value is -2.37. The van der Waals surface area contributed by atoms with E-state index in [1.807, 2.05) is 0 Å². The number of rotatable bonds is 3. The van der Waals surface area contributed by atoms with Gasteiger partial charge in [-0.25, -0.2) is 0 Å². The van der Waals surface area contributed by atoms with E-state index in [-0.39, 0.29) is 27.9 Å². The predicted octanol–water partition coefficient (Wildman–Crippen LogP) is 3.06. The van der Waals surface area contributed by atoms with Crippen LogP contribution in [0.5, 0.6) is 0 Å². The van der Waals surface area contributed by atoms with Crippen molar-refractivity contribution in [3.8, 4) is 0 Å². The molecule has 0 bridgehead atoms. The van der Waals surface area contributed by atoms with E-state index >= 15 is 0 Å². The topological polar surface area (TPSA) is 78.0 Å². The molecule has 0 fully saturated rings. The second kappa shape index (κ2) is 6.02. The summed E-state index contributed by atoms with van der Waals surface area (Å²) in [7, 11) is 0. The van der Waals surface area contributed by atoms with Gasteiger partial charge in [-0.2, -0.15) is 0 Å². The average molecular weight is 348 g/mol. The molecule has 0 spiro atoms. The van der Waals surface area contributed by atoms with Gasteiger partial charge in [0, 0.05) is 17.8 Å². The maximum absolute atomic E-state index is 12.8. The van der Waals surface area contributed by atoms with E-state index in [1.54, 1.807) is 36.5 Å². The fourth-order valence-corrected chi connectivity index (χ4v) is 2.99. The normalized spacial score (nSPS) is 10.9. The number of pyridine rings is 1. The highest BCUT2D eigenvalue weighted by atomic mass is 35.5. The van der Waals surface area contributed by atoms with Crippen LogP contribution >= 0.6 is 23.2 Å². The van der Waals surface area contributed by atoms with Crippen molar-refractivity contribution in [2.45, 2.75) is 6.42 Å². The number of primary amides is 1. The van der Waals surface area contributed by atoms with E-state index in [1.165, 1.54) is 10.8 Å². The van der Waals surface area contributed by atoms with Crippen LogP contribution in [0.15, 0.2) is 42.7 Å². The molecule has 23 heavy (non-hydrogen) atoms. The summed E-state index contributed by atoms with van der Waals surface area (Å²) in [6, 6.07) is 8.27. The highest BCUT2D eigenvalue weighted by molar-refractivity contribution is 6.40. The van der Waals surface area contributed by atoms with Crippen LogP contribution in [-0.4, -0.2) is 21.4 Å². The van der Waals surface area contributed by atoms with E-state index in [0.717, 1.165) is 0 Å². The van der Waals surface area contributed by atoms with E-state index in [4.69, 9.17) is 28.9 Å². The number of hydrogen-bond donors (Lipinski definition) is 1. The number of carbonyl (C=O) groups excluding carboxylic acids is 2. The standard InChI is InChI=1S/C16H11Cl2N3O2/c17-10-2-1-3-11(18)15(10)16(23)21-7-5-9-12(8-14(19)22)20-6-4-13(9)21/h1-7H,8H2,(H2,19,22). The third-order valence-electron chi connectivity index (χ3n) is 3.44. The molecule has 0 radical (unpaired) electrons. The van der Waals surface area contributed by atoms with Gasteiger partial charge in [-0.05, 0) is 24.3 Å². The number of nitrogens with two attached hydrogens (primary N) is 1.